The molecule has 1 saturated carbocycles. The quantitative estimate of drug-likeness (QED) is 0.783. The molecule has 1 heterocycles. The van der Waals surface area contributed by atoms with Crippen LogP contribution in [0.3, 0.4) is 0 Å². The van der Waals surface area contributed by atoms with Crippen LogP contribution in [0.25, 0.3) is 0 Å². The Labute approximate surface area is 122 Å². The number of aryl methyl sites for hydroxylation is 1. The summed E-state index contributed by atoms with van der Waals surface area (Å²) in [6.07, 6.45) is 4.95. The summed E-state index contributed by atoms with van der Waals surface area (Å²) in [4.78, 5) is 15.3. The predicted octanol–water partition coefficient (Wildman–Crippen LogP) is 4.47. The lowest BCUT2D eigenvalue weighted by Crippen LogP contribution is -2.42. The number of rotatable bonds is 2. The Bertz CT molecular complexity index is 424. The van der Waals surface area contributed by atoms with Crippen molar-refractivity contribution in [1.82, 2.24) is 4.90 Å². The number of halogens is 1. The highest BCUT2D eigenvalue weighted by Gasteiger charge is 2.29. The van der Waals surface area contributed by atoms with Crippen molar-refractivity contribution < 1.29 is 4.79 Å². The van der Waals surface area contributed by atoms with Gasteiger partial charge in [0, 0.05) is 13.1 Å². The molecule has 100 valence electrons. The zero-order valence-electron chi connectivity index (χ0n) is 11.2. The average Bonchev–Trinajstić information content (AvgIpc) is 2.68. The van der Waals surface area contributed by atoms with E-state index in [0.29, 0.717) is 12.0 Å². The zero-order valence-corrected chi connectivity index (χ0v) is 13.6. The summed E-state index contributed by atoms with van der Waals surface area (Å²) < 4.78 is 1.07. The van der Waals surface area contributed by atoms with Gasteiger partial charge in [-0.25, -0.2) is 0 Å². The monoisotopic (exact) mass is 329 g/mol. The third-order valence-electron chi connectivity index (χ3n) is 3.95. The maximum absolute atomic E-state index is 12.5. The summed E-state index contributed by atoms with van der Waals surface area (Å²) in [6.45, 7) is 4.30. The largest absolute Gasteiger partial charge is 0.338 e. The molecular formula is C14H20BrNOS. The minimum absolute atomic E-state index is 0.174. The van der Waals surface area contributed by atoms with Gasteiger partial charge in [-0.1, -0.05) is 19.8 Å². The maximum atomic E-state index is 12.5. The summed E-state index contributed by atoms with van der Waals surface area (Å²) in [6, 6.07) is 2.40. The molecule has 0 spiro atoms. The molecule has 0 radical (unpaired) electrons. The molecule has 0 aliphatic heterocycles. The summed E-state index contributed by atoms with van der Waals surface area (Å²) >= 11 is 5.03. The highest BCUT2D eigenvalue weighted by Crippen LogP contribution is 2.31. The van der Waals surface area contributed by atoms with Crippen molar-refractivity contribution >= 4 is 33.2 Å². The Balaban J connectivity index is 2.12. The Morgan fingerprint density at radius 3 is 2.67 bits per heavy atom. The smallest absolute Gasteiger partial charge is 0.263 e. The first-order chi connectivity index (χ1) is 8.50. The maximum Gasteiger partial charge on any atom is 0.263 e. The highest BCUT2D eigenvalue weighted by atomic mass is 79.9. The molecule has 2 unspecified atom stereocenters. The van der Waals surface area contributed by atoms with E-state index in [1.807, 2.05) is 24.9 Å². The summed E-state index contributed by atoms with van der Waals surface area (Å²) in [5.41, 5.74) is 1.15. The molecule has 1 aliphatic rings. The number of carbonyl (C=O) groups is 1. The molecule has 1 fully saturated rings. The fraction of sp³-hybridized carbons (Fsp3) is 0.643. The highest BCUT2D eigenvalue weighted by molar-refractivity contribution is 9.11. The lowest BCUT2D eigenvalue weighted by Gasteiger charge is -2.36. The summed E-state index contributed by atoms with van der Waals surface area (Å²) in [5.74, 6) is 0.796. The van der Waals surface area contributed by atoms with Gasteiger partial charge in [0.2, 0.25) is 0 Å². The van der Waals surface area contributed by atoms with Crippen LogP contribution in [0.2, 0.25) is 0 Å². The molecule has 1 amide bonds. The van der Waals surface area contributed by atoms with Gasteiger partial charge in [0.15, 0.2) is 0 Å². The third kappa shape index (κ3) is 2.80. The summed E-state index contributed by atoms with van der Waals surface area (Å²) in [7, 11) is 1.96. The van der Waals surface area contributed by atoms with Crippen LogP contribution in [0.5, 0.6) is 0 Å². The topological polar surface area (TPSA) is 20.3 Å². The van der Waals surface area contributed by atoms with Crippen LogP contribution < -0.4 is 0 Å². The van der Waals surface area contributed by atoms with Crippen molar-refractivity contribution in [3.05, 3.63) is 20.3 Å². The van der Waals surface area contributed by atoms with Crippen molar-refractivity contribution in [3.63, 3.8) is 0 Å². The van der Waals surface area contributed by atoms with Crippen molar-refractivity contribution in [3.8, 4) is 0 Å². The van der Waals surface area contributed by atoms with Gasteiger partial charge in [0.1, 0.15) is 0 Å². The van der Waals surface area contributed by atoms with Gasteiger partial charge in [-0.15, -0.1) is 11.3 Å². The van der Waals surface area contributed by atoms with Gasteiger partial charge in [0.25, 0.3) is 5.91 Å². The molecule has 2 rings (SSSR count). The first-order valence-electron chi connectivity index (χ1n) is 6.53. The summed E-state index contributed by atoms with van der Waals surface area (Å²) in [5, 5.41) is 0. The van der Waals surface area contributed by atoms with Crippen LogP contribution in [0.4, 0.5) is 0 Å². The van der Waals surface area contributed by atoms with E-state index in [1.54, 1.807) is 11.3 Å². The second kappa shape index (κ2) is 5.74. The minimum atomic E-state index is 0.174. The number of nitrogens with zero attached hydrogens (tertiary/aromatic N) is 1. The third-order valence-corrected chi connectivity index (χ3v) is 6.08. The van der Waals surface area contributed by atoms with E-state index in [4.69, 9.17) is 0 Å². The van der Waals surface area contributed by atoms with Gasteiger partial charge >= 0.3 is 0 Å². The second-order valence-corrected chi connectivity index (χ2v) is 7.68. The first kappa shape index (κ1) is 14.1. The van der Waals surface area contributed by atoms with Crippen molar-refractivity contribution in [2.24, 2.45) is 5.92 Å². The molecule has 0 N–H and O–H groups in total. The fourth-order valence-electron chi connectivity index (χ4n) is 2.76. The molecule has 1 aromatic rings. The van der Waals surface area contributed by atoms with E-state index in [2.05, 4.69) is 22.9 Å². The number of thiophene rings is 1. The van der Waals surface area contributed by atoms with E-state index in [-0.39, 0.29) is 5.91 Å². The van der Waals surface area contributed by atoms with Gasteiger partial charge < -0.3 is 4.90 Å². The molecule has 0 bridgehead atoms. The van der Waals surface area contributed by atoms with Gasteiger partial charge in [-0.05, 0) is 53.2 Å². The van der Waals surface area contributed by atoms with Crippen molar-refractivity contribution in [2.75, 3.05) is 7.05 Å². The molecule has 0 aromatic carbocycles. The van der Waals surface area contributed by atoms with Gasteiger partial charge in [-0.2, -0.15) is 0 Å². The first-order valence-corrected chi connectivity index (χ1v) is 8.14. The van der Waals surface area contributed by atoms with E-state index in [0.717, 1.165) is 20.6 Å². The number of amides is 1. The molecular weight excluding hydrogens is 310 g/mol. The van der Waals surface area contributed by atoms with Crippen molar-refractivity contribution in [2.45, 2.75) is 45.6 Å². The van der Waals surface area contributed by atoms with E-state index >= 15 is 0 Å². The molecule has 18 heavy (non-hydrogen) atoms. The van der Waals surface area contributed by atoms with Crippen LogP contribution in [0, 0.1) is 12.8 Å². The molecule has 4 heteroatoms. The zero-order chi connectivity index (χ0) is 13.3. The minimum Gasteiger partial charge on any atom is -0.338 e. The SMILES string of the molecule is Cc1cc(C(=O)N(C)C2CCCCC2C)sc1Br. The number of hydrogen-bond acceptors (Lipinski definition) is 2. The average molecular weight is 330 g/mol. The van der Waals surface area contributed by atoms with Gasteiger partial charge in [0.05, 0.1) is 8.66 Å². The van der Waals surface area contributed by atoms with E-state index in [9.17, 15) is 4.79 Å². The molecule has 2 nitrogen and oxygen atoms in total. The molecule has 1 aliphatic carbocycles. The van der Waals surface area contributed by atoms with Crippen LogP contribution in [0.15, 0.2) is 9.85 Å². The Hall–Kier alpha value is -0.350. The van der Waals surface area contributed by atoms with Gasteiger partial charge in [-0.3, -0.25) is 4.79 Å². The van der Waals surface area contributed by atoms with Crippen LogP contribution in [-0.4, -0.2) is 23.9 Å². The second-order valence-electron chi connectivity index (χ2n) is 5.31. The van der Waals surface area contributed by atoms with E-state index in [1.165, 1.54) is 19.3 Å². The van der Waals surface area contributed by atoms with Crippen LogP contribution in [-0.2, 0) is 0 Å². The number of hydrogen-bond donors (Lipinski definition) is 0. The standard InChI is InChI=1S/C14H20BrNOS/c1-9-6-4-5-7-11(9)16(3)14(17)12-8-10(2)13(15)18-12/h8-9,11H,4-7H2,1-3H3. The Kier molecular flexibility index (Phi) is 4.49. The van der Waals surface area contributed by atoms with Crippen LogP contribution in [0.1, 0.15) is 47.8 Å². The molecule has 2 atom stereocenters. The van der Waals surface area contributed by atoms with Crippen LogP contribution >= 0.6 is 27.3 Å². The lowest BCUT2D eigenvalue weighted by molar-refractivity contribution is 0.0634. The Morgan fingerprint density at radius 1 is 1.44 bits per heavy atom. The van der Waals surface area contributed by atoms with E-state index < -0.39 is 0 Å². The Morgan fingerprint density at radius 2 is 2.11 bits per heavy atom. The molecule has 1 aromatic heterocycles. The number of carbonyl (C=O) groups excluding carboxylic acids is 1. The fourth-order valence-corrected chi connectivity index (χ4v) is 4.28. The predicted molar refractivity (Wildman–Crippen MR) is 80.3 cm³/mol. The van der Waals surface area contributed by atoms with Crippen molar-refractivity contribution in [1.29, 1.82) is 0 Å². The molecule has 0 saturated heterocycles. The lowest BCUT2D eigenvalue weighted by atomic mass is 9.85. The normalized spacial score (nSPS) is 24.0.